The summed E-state index contributed by atoms with van der Waals surface area (Å²) in [5.41, 5.74) is 0.323. The second-order valence-electron chi connectivity index (χ2n) is 7.60. The summed E-state index contributed by atoms with van der Waals surface area (Å²) in [4.78, 5) is 27.1. The molecule has 0 radical (unpaired) electrons. The predicted octanol–water partition coefficient (Wildman–Crippen LogP) is 4.54. The van der Waals surface area contributed by atoms with Crippen molar-refractivity contribution in [1.29, 1.82) is 0 Å². The van der Waals surface area contributed by atoms with Crippen LogP contribution < -0.4 is 24.5 Å². The lowest BCUT2D eigenvalue weighted by Crippen LogP contribution is -2.27. The van der Waals surface area contributed by atoms with Crippen LogP contribution in [0.4, 0.5) is 0 Å². The van der Waals surface area contributed by atoms with Gasteiger partial charge in [-0.05, 0) is 52.7 Å². The smallest absolute Gasteiger partial charge is 0.355 e. The highest BCUT2D eigenvalue weighted by Crippen LogP contribution is 2.44. The van der Waals surface area contributed by atoms with Gasteiger partial charge in [-0.2, -0.15) is 0 Å². The van der Waals surface area contributed by atoms with E-state index in [9.17, 15) is 9.59 Å². The summed E-state index contributed by atoms with van der Waals surface area (Å²) in [6, 6.07) is 8.20. The van der Waals surface area contributed by atoms with Crippen LogP contribution in [-0.2, 0) is 4.74 Å². The van der Waals surface area contributed by atoms with Crippen LogP contribution in [0.3, 0.4) is 0 Å². The first-order chi connectivity index (χ1) is 17.3. The number of benzene rings is 2. The third kappa shape index (κ3) is 4.05. The van der Waals surface area contributed by atoms with Crippen molar-refractivity contribution < 1.29 is 33.0 Å². The Bertz CT molecular complexity index is 1540. The molecule has 0 amide bonds. The average molecular weight is 559 g/mol. The van der Waals surface area contributed by atoms with Crippen LogP contribution in [0.5, 0.6) is 23.0 Å². The number of carbonyl (C=O) groups is 1. The van der Waals surface area contributed by atoms with Crippen molar-refractivity contribution in [2.75, 3.05) is 35.5 Å². The molecule has 4 rings (SSSR count). The summed E-state index contributed by atoms with van der Waals surface area (Å²) < 4.78 is 34.0. The number of halogens is 1. The van der Waals surface area contributed by atoms with E-state index in [0.717, 1.165) is 4.57 Å². The van der Waals surface area contributed by atoms with E-state index < -0.39 is 11.5 Å². The molecule has 10 nitrogen and oxygen atoms in total. The lowest BCUT2D eigenvalue weighted by atomic mass is 9.95. The lowest BCUT2D eigenvalue weighted by Gasteiger charge is -2.20. The largest absolute Gasteiger partial charge is 0.493 e. The SMILES string of the molecule is COC(=O)c1c(-c2cc(Br)c(OC)c(OC)c2)c2cc(OC)c(OC)cc2c(=O)n1-c1cc(C)on1. The Hall–Kier alpha value is -3.99. The number of hydrogen-bond donors (Lipinski definition) is 0. The monoisotopic (exact) mass is 558 g/mol. The Labute approximate surface area is 214 Å². The van der Waals surface area contributed by atoms with E-state index in [1.807, 2.05) is 0 Å². The molecule has 2 aromatic heterocycles. The number of rotatable bonds is 7. The van der Waals surface area contributed by atoms with Crippen molar-refractivity contribution in [2.24, 2.45) is 0 Å². The molecule has 0 atom stereocenters. The van der Waals surface area contributed by atoms with Gasteiger partial charge in [-0.1, -0.05) is 5.16 Å². The van der Waals surface area contributed by atoms with Crippen molar-refractivity contribution in [2.45, 2.75) is 6.92 Å². The van der Waals surface area contributed by atoms with Gasteiger partial charge in [0.25, 0.3) is 5.56 Å². The molecule has 0 N–H and O–H groups in total. The highest BCUT2D eigenvalue weighted by atomic mass is 79.9. The molecule has 2 aromatic carbocycles. The average Bonchev–Trinajstić information content (AvgIpc) is 3.32. The molecule has 188 valence electrons. The van der Waals surface area contributed by atoms with Gasteiger partial charge in [0, 0.05) is 17.0 Å². The first-order valence-electron chi connectivity index (χ1n) is 10.6. The highest BCUT2D eigenvalue weighted by molar-refractivity contribution is 9.10. The van der Waals surface area contributed by atoms with E-state index >= 15 is 0 Å². The number of aryl methyl sites for hydroxylation is 1. The molecule has 0 unspecified atom stereocenters. The Morgan fingerprint density at radius 3 is 2.06 bits per heavy atom. The molecular weight excluding hydrogens is 536 g/mol. The number of aromatic nitrogens is 2. The van der Waals surface area contributed by atoms with Crippen molar-refractivity contribution in [3.63, 3.8) is 0 Å². The third-order valence-corrected chi connectivity index (χ3v) is 6.22. The van der Waals surface area contributed by atoms with Gasteiger partial charge in [-0.3, -0.25) is 4.79 Å². The number of hydrogen-bond acceptors (Lipinski definition) is 9. The van der Waals surface area contributed by atoms with E-state index in [0.29, 0.717) is 49.7 Å². The predicted molar refractivity (Wildman–Crippen MR) is 135 cm³/mol. The van der Waals surface area contributed by atoms with Gasteiger partial charge < -0.3 is 28.2 Å². The molecule has 0 aliphatic carbocycles. The van der Waals surface area contributed by atoms with Crippen LogP contribution in [0, 0.1) is 6.92 Å². The Kier molecular flexibility index (Phi) is 6.93. The fourth-order valence-corrected chi connectivity index (χ4v) is 4.65. The van der Waals surface area contributed by atoms with Gasteiger partial charge in [0.2, 0.25) is 0 Å². The summed E-state index contributed by atoms with van der Waals surface area (Å²) in [7, 11) is 7.20. The zero-order chi connectivity index (χ0) is 26.1. The molecule has 36 heavy (non-hydrogen) atoms. The number of esters is 1. The summed E-state index contributed by atoms with van der Waals surface area (Å²) >= 11 is 3.51. The lowest BCUT2D eigenvalue weighted by molar-refractivity contribution is 0.0591. The Morgan fingerprint density at radius 2 is 1.53 bits per heavy atom. The van der Waals surface area contributed by atoms with Gasteiger partial charge in [0.1, 0.15) is 11.5 Å². The first-order valence-corrected chi connectivity index (χ1v) is 11.4. The third-order valence-electron chi connectivity index (χ3n) is 5.63. The van der Waals surface area contributed by atoms with Crippen molar-refractivity contribution >= 4 is 32.7 Å². The maximum Gasteiger partial charge on any atom is 0.355 e. The number of methoxy groups -OCH3 is 5. The maximum absolute atomic E-state index is 13.8. The number of pyridine rings is 1. The van der Waals surface area contributed by atoms with Crippen molar-refractivity contribution in [3.8, 4) is 39.9 Å². The minimum Gasteiger partial charge on any atom is -0.493 e. The van der Waals surface area contributed by atoms with Gasteiger partial charge in [-0.25, -0.2) is 9.36 Å². The van der Waals surface area contributed by atoms with Gasteiger partial charge in [0.15, 0.2) is 28.8 Å². The molecule has 11 heteroatoms. The van der Waals surface area contributed by atoms with Gasteiger partial charge >= 0.3 is 5.97 Å². The standard InChI is InChI=1S/C25H23BrN2O8/c1-12-7-20(27-36-12)28-22(25(30)35-6)21(13-8-16(26)23(34-5)19(9-13)33-4)14-10-17(31-2)18(32-3)11-15(14)24(28)29/h7-11H,1-6H3. The fourth-order valence-electron chi connectivity index (χ4n) is 4.05. The van der Waals surface area contributed by atoms with E-state index in [1.165, 1.54) is 35.5 Å². The first kappa shape index (κ1) is 25.1. The zero-order valence-electron chi connectivity index (χ0n) is 20.4. The molecule has 4 aromatic rings. The maximum atomic E-state index is 13.8. The second kappa shape index (κ2) is 9.94. The summed E-state index contributed by atoms with van der Waals surface area (Å²) in [6.45, 7) is 1.68. The molecule has 0 aliphatic heterocycles. The quantitative estimate of drug-likeness (QED) is 0.302. The number of ether oxygens (including phenoxy) is 5. The van der Waals surface area contributed by atoms with E-state index in [2.05, 4.69) is 21.1 Å². The topological polar surface area (TPSA) is 111 Å². The van der Waals surface area contributed by atoms with Crippen LogP contribution >= 0.6 is 15.9 Å². The Morgan fingerprint density at radius 1 is 0.889 bits per heavy atom. The molecule has 0 fully saturated rings. The molecule has 0 saturated heterocycles. The van der Waals surface area contributed by atoms with Crippen molar-refractivity contribution in [1.82, 2.24) is 9.72 Å². The minimum atomic E-state index is -0.759. The summed E-state index contributed by atoms with van der Waals surface area (Å²) in [5.74, 6) is 1.40. The number of fused-ring (bicyclic) bond motifs is 1. The fraction of sp³-hybridized carbons (Fsp3) is 0.240. The van der Waals surface area contributed by atoms with E-state index in [4.69, 9.17) is 28.2 Å². The molecule has 0 saturated carbocycles. The molecule has 0 bridgehead atoms. The van der Waals surface area contributed by atoms with E-state index in [-0.39, 0.29) is 16.9 Å². The number of nitrogens with zero attached hydrogens (tertiary/aromatic N) is 2. The van der Waals surface area contributed by atoms with Crippen molar-refractivity contribution in [3.05, 3.63) is 56.6 Å². The van der Waals surface area contributed by atoms with Crippen LogP contribution in [-0.4, -0.2) is 51.2 Å². The summed E-state index contributed by atoms with van der Waals surface area (Å²) in [5, 5.41) is 4.67. The highest BCUT2D eigenvalue weighted by Gasteiger charge is 2.28. The van der Waals surface area contributed by atoms with Crippen LogP contribution in [0.2, 0.25) is 0 Å². The van der Waals surface area contributed by atoms with Gasteiger partial charge in [-0.15, -0.1) is 0 Å². The van der Waals surface area contributed by atoms with Crippen LogP contribution in [0.15, 0.2) is 44.1 Å². The number of carbonyl (C=O) groups excluding carboxylic acids is 1. The van der Waals surface area contributed by atoms with E-state index in [1.54, 1.807) is 37.3 Å². The summed E-state index contributed by atoms with van der Waals surface area (Å²) in [6.07, 6.45) is 0. The zero-order valence-corrected chi connectivity index (χ0v) is 22.0. The normalized spacial score (nSPS) is 10.9. The van der Waals surface area contributed by atoms with Crippen LogP contribution in [0.25, 0.3) is 27.7 Å². The second-order valence-corrected chi connectivity index (χ2v) is 8.45. The van der Waals surface area contributed by atoms with Gasteiger partial charge in [0.05, 0.1) is 45.4 Å². The Balaban J connectivity index is 2.29. The van der Waals surface area contributed by atoms with Crippen LogP contribution in [0.1, 0.15) is 16.2 Å². The molecular formula is C25H23BrN2O8. The molecule has 0 spiro atoms. The molecule has 2 heterocycles. The molecule has 0 aliphatic rings. The minimum absolute atomic E-state index is 0.0605.